The highest BCUT2D eigenvalue weighted by Crippen LogP contribution is 2.23. The molecule has 2 aliphatic rings. The average Bonchev–Trinajstić information content (AvgIpc) is 2.70. The summed E-state index contributed by atoms with van der Waals surface area (Å²) in [7, 11) is 1.70. The van der Waals surface area contributed by atoms with Gasteiger partial charge in [-0.25, -0.2) is 0 Å². The smallest absolute Gasteiger partial charge is 0.278 e. The zero-order chi connectivity index (χ0) is 19.2. The third-order valence-electron chi connectivity index (χ3n) is 6.66. The lowest BCUT2D eigenvalue weighted by atomic mass is 9.86. The number of methoxy groups -OCH3 is 1. The lowest BCUT2D eigenvalue weighted by Crippen LogP contribution is -3.29. The van der Waals surface area contributed by atoms with Crippen molar-refractivity contribution in [3.8, 4) is 5.75 Å². The fourth-order valence-corrected chi connectivity index (χ4v) is 4.59. The molecule has 0 aromatic heterocycles. The van der Waals surface area contributed by atoms with Gasteiger partial charge in [-0.15, -0.1) is 0 Å². The molecule has 1 saturated carbocycles. The Kier molecular flexibility index (Phi) is 7.13. The standard InChI is InChI=1S/C22H35N3O2/c1-17-6-4-5-7-21(17)23-22(26)18(2)25-14-12-24(13-15-25)16-19-8-10-20(27-3)11-9-19/h8-11,17-18,21H,4-7,12-16H2,1-3H3,(H,23,26)/p+2/t17-,18+,21-/m0/s1. The number of piperazine rings is 1. The maximum Gasteiger partial charge on any atom is 0.278 e. The molecule has 3 rings (SSSR count). The van der Waals surface area contributed by atoms with Crippen molar-refractivity contribution in [3.63, 3.8) is 0 Å². The molecule has 0 unspecified atom stereocenters. The van der Waals surface area contributed by atoms with Crippen LogP contribution in [0.15, 0.2) is 24.3 Å². The van der Waals surface area contributed by atoms with Crippen molar-refractivity contribution in [1.82, 2.24) is 5.32 Å². The van der Waals surface area contributed by atoms with Crippen molar-refractivity contribution >= 4 is 5.91 Å². The fourth-order valence-electron chi connectivity index (χ4n) is 4.59. The van der Waals surface area contributed by atoms with E-state index in [1.165, 1.54) is 29.7 Å². The zero-order valence-electron chi connectivity index (χ0n) is 17.2. The van der Waals surface area contributed by atoms with Gasteiger partial charge in [0.15, 0.2) is 6.04 Å². The summed E-state index contributed by atoms with van der Waals surface area (Å²) in [5.74, 6) is 1.79. The normalized spacial score (nSPS) is 29.7. The Morgan fingerprint density at radius 3 is 2.44 bits per heavy atom. The number of rotatable bonds is 6. The van der Waals surface area contributed by atoms with Gasteiger partial charge < -0.3 is 19.9 Å². The Labute approximate surface area is 164 Å². The molecule has 3 N–H and O–H groups in total. The summed E-state index contributed by atoms with van der Waals surface area (Å²) in [5.41, 5.74) is 1.35. The largest absolute Gasteiger partial charge is 0.497 e. The second-order valence-electron chi connectivity index (χ2n) is 8.53. The monoisotopic (exact) mass is 375 g/mol. The summed E-state index contributed by atoms with van der Waals surface area (Å²) in [6, 6.07) is 8.83. The van der Waals surface area contributed by atoms with Crippen molar-refractivity contribution in [3.05, 3.63) is 29.8 Å². The lowest BCUT2D eigenvalue weighted by Gasteiger charge is -2.34. The molecule has 5 nitrogen and oxygen atoms in total. The number of hydrogen-bond acceptors (Lipinski definition) is 2. The summed E-state index contributed by atoms with van der Waals surface area (Å²) in [4.78, 5) is 15.8. The number of hydrogen-bond donors (Lipinski definition) is 3. The van der Waals surface area contributed by atoms with E-state index in [1.807, 2.05) is 12.1 Å². The van der Waals surface area contributed by atoms with Crippen LogP contribution in [0.3, 0.4) is 0 Å². The molecule has 1 aromatic rings. The van der Waals surface area contributed by atoms with E-state index in [4.69, 9.17) is 4.74 Å². The number of benzene rings is 1. The van der Waals surface area contributed by atoms with Gasteiger partial charge in [-0.05, 0) is 49.9 Å². The van der Waals surface area contributed by atoms with Crippen LogP contribution in [0.2, 0.25) is 0 Å². The quantitative estimate of drug-likeness (QED) is 0.659. The summed E-state index contributed by atoms with van der Waals surface area (Å²) in [6.07, 6.45) is 4.96. The van der Waals surface area contributed by atoms with Gasteiger partial charge in [0.05, 0.1) is 7.11 Å². The number of nitrogens with one attached hydrogen (secondary N) is 3. The van der Waals surface area contributed by atoms with Crippen LogP contribution in [-0.4, -0.2) is 51.3 Å². The van der Waals surface area contributed by atoms with Crippen molar-refractivity contribution in [2.75, 3.05) is 33.3 Å². The summed E-state index contributed by atoms with van der Waals surface area (Å²) in [6.45, 7) is 9.82. The molecule has 1 aromatic carbocycles. The minimum absolute atomic E-state index is 0.0571. The highest BCUT2D eigenvalue weighted by molar-refractivity contribution is 5.80. The summed E-state index contributed by atoms with van der Waals surface area (Å²) < 4.78 is 5.23. The van der Waals surface area contributed by atoms with Gasteiger partial charge in [0.1, 0.15) is 38.5 Å². The number of carbonyl (C=O) groups is 1. The van der Waals surface area contributed by atoms with E-state index >= 15 is 0 Å². The van der Waals surface area contributed by atoms with Crippen LogP contribution in [0, 0.1) is 5.92 Å². The Bertz CT molecular complexity index is 596. The molecule has 3 atom stereocenters. The molecule has 1 saturated heterocycles. The Balaban J connectivity index is 1.44. The minimum Gasteiger partial charge on any atom is -0.497 e. The maximum absolute atomic E-state index is 12.7. The molecule has 0 bridgehead atoms. The first-order chi connectivity index (χ1) is 13.1. The summed E-state index contributed by atoms with van der Waals surface area (Å²) >= 11 is 0. The Morgan fingerprint density at radius 1 is 1.15 bits per heavy atom. The van der Waals surface area contributed by atoms with Gasteiger partial charge in [-0.3, -0.25) is 4.79 Å². The van der Waals surface area contributed by atoms with E-state index in [2.05, 4.69) is 31.3 Å². The number of quaternary nitrogens is 2. The van der Waals surface area contributed by atoms with Crippen LogP contribution in [-0.2, 0) is 11.3 Å². The third-order valence-corrected chi connectivity index (χ3v) is 6.66. The molecule has 0 spiro atoms. The van der Waals surface area contributed by atoms with Crippen molar-refractivity contribution in [2.24, 2.45) is 5.92 Å². The molecule has 27 heavy (non-hydrogen) atoms. The molecular weight excluding hydrogens is 338 g/mol. The van der Waals surface area contributed by atoms with Crippen LogP contribution in [0.4, 0.5) is 0 Å². The van der Waals surface area contributed by atoms with Crippen LogP contribution in [0.1, 0.15) is 45.1 Å². The van der Waals surface area contributed by atoms with Gasteiger partial charge in [-0.1, -0.05) is 19.8 Å². The molecule has 0 radical (unpaired) electrons. The van der Waals surface area contributed by atoms with E-state index in [1.54, 1.807) is 12.0 Å². The number of carbonyl (C=O) groups excluding carboxylic acids is 1. The molecular formula is C22H37N3O2+2. The first-order valence-electron chi connectivity index (χ1n) is 10.7. The first-order valence-corrected chi connectivity index (χ1v) is 10.7. The Morgan fingerprint density at radius 2 is 1.81 bits per heavy atom. The van der Waals surface area contributed by atoms with Gasteiger partial charge >= 0.3 is 0 Å². The fraction of sp³-hybridized carbons (Fsp3) is 0.682. The number of amides is 1. The second kappa shape index (κ2) is 9.56. The SMILES string of the molecule is COc1ccc(C[NH+]2CC[NH+]([C@H](C)C(=O)N[C@H]3CCCC[C@@H]3C)CC2)cc1. The van der Waals surface area contributed by atoms with Crippen LogP contribution < -0.4 is 19.9 Å². The molecule has 150 valence electrons. The highest BCUT2D eigenvalue weighted by Gasteiger charge is 2.33. The molecule has 1 aliphatic carbocycles. The first kappa shape index (κ1) is 20.2. The topological polar surface area (TPSA) is 47.2 Å². The van der Waals surface area contributed by atoms with E-state index in [-0.39, 0.29) is 11.9 Å². The van der Waals surface area contributed by atoms with Crippen molar-refractivity contribution in [2.45, 2.75) is 58.2 Å². The van der Waals surface area contributed by atoms with E-state index < -0.39 is 0 Å². The lowest BCUT2D eigenvalue weighted by molar-refractivity contribution is -1.02. The van der Waals surface area contributed by atoms with Crippen LogP contribution >= 0.6 is 0 Å². The molecule has 1 heterocycles. The van der Waals surface area contributed by atoms with Crippen LogP contribution in [0.5, 0.6) is 5.75 Å². The Hall–Kier alpha value is -1.59. The van der Waals surface area contributed by atoms with Gasteiger partial charge in [0.2, 0.25) is 0 Å². The van der Waals surface area contributed by atoms with E-state index in [9.17, 15) is 4.79 Å². The number of ether oxygens (including phenoxy) is 1. The predicted molar refractivity (Wildman–Crippen MR) is 107 cm³/mol. The second-order valence-corrected chi connectivity index (χ2v) is 8.53. The van der Waals surface area contributed by atoms with Gasteiger partial charge in [0.25, 0.3) is 5.91 Å². The summed E-state index contributed by atoms with van der Waals surface area (Å²) in [5, 5.41) is 3.35. The maximum atomic E-state index is 12.7. The van der Waals surface area contributed by atoms with Crippen molar-refractivity contribution < 1.29 is 19.3 Å². The molecule has 1 amide bonds. The molecule has 1 aliphatic heterocycles. The molecule has 2 fully saturated rings. The van der Waals surface area contributed by atoms with E-state index in [0.29, 0.717) is 12.0 Å². The third kappa shape index (κ3) is 5.45. The predicted octanol–water partition coefficient (Wildman–Crippen LogP) is 0.0620. The van der Waals surface area contributed by atoms with Crippen LogP contribution in [0.25, 0.3) is 0 Å². The van der Waals surface area contributed by atoms with Gasteiger partial charge in [-0.2, -0.15) is 0 Å². The average molecular weight is 376 g/mol. The highest BCUT2D eigenvalue weighted by atomic mass is 16.5. The van der Waals surface area contributed by atoms with E-state index in [0.717, 1.165) is 44.9 Å². The minimum atomic E-state index is 0.0571. The van der Waals surface area contributed by atoms with Crippen molar-refractivity contribution in [1.29, 1.82) is 0 Å². The van der Waals surface area contributed by atoms with Gasteiger partial charge in [0, 0.05) is 11.6 Å². The molecule has 5 heteroatoms. The zero-order valence-corrected chi connectivity index (χ0v) is 17.2.